The van der Waals surface area contributed by atoms with E-state index < -0.39 is 0 Å². The Hall–Kier alpha value is -2.97. The Morgan fingerprint density at radius 3 is 2.60 bits per heavy atom. The Kier molecular flexibility index (Phi) is 6.25. The predicted molar refractivity (Wildman–Crippen MR) is 125 cm³/mol. The van der Waals surface area contributed by atoms with Crippen LogP contribution in [-0.2, 0) is 6.54 Å². The predicted octanol–water partition coefficient (Wildman–Crippen LogP) is 4.14. The molecule has 0 saturated heterocycles. The molecule has 0 atom stereocenters. The maximum atomic E-state index is 4.76. The number of hydrogen-bond donors (Lipinski definition) is 2. The second kappa shape index (κ2) is 9.23. The van der Waals surface area contributed by atoms with Crippen LogP contribution in [0.25, 0.3) is 16.9 Å². The number of pyridine rings is 1. The average molecular weight is 466 g/mol. The van der Waals surface area contributed by atoms with Gasteiger partial charge < -0.3 is 15.5 Å². The normalized spacial score (nSPS) is 11.2. The molecule has 0 radical (unpaired) electrons. The van der Waals surface area contributed by atoms with E-state index in [2.05, 4.69) is 73.8 Å². The lowest BCUT2D eigenvalue weighted by molar-refractivity contribution is 0.425. The summed E-state index contributed by atoms with van der Waals surface area (Å²) in [5, 5.41) is 11.2. The van der Waals surface area contributed by atoms with Crippen molar-refractivity contribution in [1.29, 1.82) is 0 Å². The van der Waals surface area contributed by atoms with Gasteiger partial charge in [0, 0.05) is 37.5 Å². The number of benzene rings is 1. The van der Waals surface area contributed by atoms with Crippen molar-refractivity contribution in [3.05, 3.63) is 71.0 Å². The van der Waals surface area contributed by atoms with Crippen molar-refractivity contribution in [1.82, 2.24) is 24.5 Å². The Balaban J connectivity index is 1.51. The van der Waals surface area contributed by atoms with Crippen LogP contribution < -0.4 is 10.6 Å². The van der Waals surface area contributed by atoms with Gasteiger partial charge in [-0.3, -0.25) is 0 Å². The molecule has 4 aromatic rings. The molecule has 2 N–H and O–H groups in total. The third kappa shape index (κ3) is 4.77. The van der Waals surface area contributed by atoms with E-state index in [9.17, 15) is 0 Å². The zero-order valence-corrected chi connectivity index (χ0v) is 18.6. The van der Waals surface area contributed by atoms with Crippen LogP contribution in [0.4, 0.5) is 11.6 Å². The minimum absolute atomic E-state index is 0.635. The first-order chi connectivity index (χ1) is 14.6. The van der Waals surface area contributed by atoms with Gasteiger partial charge in [0.1, 0.15) is 11.6 Å². The summed E-state index contributed by atoms with van der Waals surface area (Å²) in [5.41, 5.74) is 3.82. The minimum Gasteiger partial charge on any atom is -0.369 e. The van der Waals surface area contributed by atoms with E-state index in [1.807, 2.05) is 36.5 Å². The van der Waals surface area contributed by atoms with E-state index in [4.69, 9.17) is 4.98 Å². The lowest BCUT2D eigenvalue weighted by Gasteiger charge is -2.12. The summed E-state index contributed by atoms with van der Waals surface area (Å²) in [5.74, 6) is 1.76. The number of aromatic nitrogens is 4. The second-order valence-corrected chi connectivity index (χ2v) is 8.11. The number of nitrogens with one attached hydrogen (secondary N) is 2. The van der Waals surface area contributed by atoms with Crippen LogP contribution in [0.1, 0.15) is 5.56 Å². The number of halogens is 1. The summed E-state index contributed by atoms with van der Waals surface area (Å²) in [6, 6.07) is 16.2. The van der Waals surface area contributed by atoms with E-state index in [0.717, 1.165) is 51.7 Å². The molecular weight excluding hydrogens is 442 g/mol. The molecule has 1 aromatic carbocycles. The van der Waals surface area contributed by atoms with E-state index >= 15 is 0 Å². The molecule has 4 rings (SSSR count). The van der Waals surface area contributed by atoms with Crippen LogP contribution in [0, 0.1) is 0 Å². The molecule has 0 aliphatic heterocycles. The zero-order chi connectivity index (χ0) is 20.9. The van der Waals surface area contributed by atoms with Crippen molar-refractivity contribution in [3.63, 3.8) is 0 Å². The molecule has 0 saturated carbocycles. The third-order valence-corrected chi connectivity index (χ3v) is 5.22. The fraction of sp³-hybridized carbons (Fsp3) is 0.227. The van der Waals surface area contributed by atoms with Gasteiger partial charge in [-0.25, -0.2) is 9.97 Å². The number of anilines is 2. The third-order valence-electron chi connectivity index (χ3n) is 4.66. The number of fused-ring (bicyclic) bond motifs is 1. The SMILES string of the molecule is CN(C)CCNc1ccc(CNc2cc(-c3ccccc3)nc3c(Br)cnn23)cn1. The van der Waals surface area contributed by atoms with E-state index in [0.29, 0.717) is 6.54 Å². The zero-order valence-electron chi connectivity index (χ0n) is 17.0. The maximum Gasteiger partial charge on any atom is 0.172 e. The van der Waals surface area contributed by atoms with Gasteiger partial charge in [-0.1, -0.05) is 36.4 Å². The van der Waals surface area contributed by atoms with Crippen molar-refractivity contribution < 1.29 is 0 Å². The molecule has 8 heteroatoms. The van der Waals surface area contributed by atoms with Crippen molar-refractivity contribution in [2.24, 2.45) is 0 Å². The van der Waals surface area contributed by atoms with Gasteiger partial charge >= 0.3 is 0 Å². The first-order valence-corrected chi connectivity index (χ1v) is 10.6. The smallest absolute Gasteiger partial charge is 0.172 e. The molecule has 0 bridgehead atoms. The van der Waals surface area contributed by atoms with Crippen LogP contribution in [-0.4, -0.2) is 51.7 Å². The van der Waals surface area contributed by atoms with Crippen molar-refractivity contribution in [2.75, 3.05) is 37.8 Å². The topological polar surface area (TPSA) is 70.4 Å². The number of rotatable bonds is 8. The summed E-state index contributed by atoms with van der Waals surface area (Å²) >= 11 is 3.55. The summed E-state index contributed by atoms with van der Waals surface area (Å²) in [6.07, 6.45) is 3.65. The molecule has 30 heavy (non-hydrogen) atoms. The molecule has 0 aliphatic rings. The van der Waals surface area contributed by atoms with Gasteiger partial charge in [0.15, 0.2) is 5.65 Å². The highest BCUT2D eigenvalue weighted by Gasteiger charge is 2.11. The Morgan fingerprint density at radius 2 is 1.87 bits per heavy atom. The minimum atomic E-state index is 0.635. The molecule has 0 unspecified atom stereocenters. The number of likely N-dealkylation sites (N-methyl/N-ethyl adjacent to an activating group) is 1. The first kappa shape index (κ1) is 20.3. The fourth-order valence-electron chi connectivity index (χ4n) is 3.05. The maximum absolute atomic E-state index is 4.76. The highest BCUT2D eigenvalue weighted by atomic mass is 79.9. The molecular formula is C22H24BrN7. The van der Waals surface area contributed by atoms with Crippen LogP contribution in [0.2, 0.25) is 0 Å². The molecule has 0 spiro atoms. The van der Waals surface area contributed by atoms with Gasteiger partial charge in [-0.05, 0) is 41.7 Å². The monoisotopic (exact) mass is 465 g/mol. The van der Waals surface area contributed by atoms with Gasteiger partial charge in [-0.2, -0.15) is 9.61 Å². The largest absolute Gasteiger partial charge is 0.369 e. The number of hydrogen-bond acceptors (Lipinski definition) is 6. The summed E-state index contributed by atoms with van der Waals surface area (Å²) in [4.78, 5) is 11.4. The van der Waals surface area contributed by atoms with Crippen LogP contribution in [0.5, 0.6) is 0 Å². The molecule has 7 nitrogen and oxygen atoms in total. The van der Waals surface area contributed by atoms with Crippen molar-refractivity contribution >= 4 is 33.2 Å². The second-order valence-electron chi connectivity index (χ2n) is 7.26. The summed E-state index contributed by atoms with van der Waals surface area (Å²) in [6.45, 7) is 2.46. The van der Waals surface area contributed by atoms with Crippen molar-refractivity contribution in [2.45, 2.75) is 6.54 Å². The van der Waals surface area contributed by atoms with Gasteiger partial charge in [0.2, 0.25) is 0 Å². The van der Waals surface area contributed by atoms with E-state index in [1.54, 1.807) is 10.7 Å². The van der Waals surface area contributed by atoms with Gasteiger partial charge in [0.25, 0.3) is 0 Å². The quantitative estimate of drug-likeness (QED) is 0.407. The standard InChI is InChI=1S/C22H24BrN7/c1-29(2)11-10-24-20-9-8-16(13-25-20)14-26-21-12-19(17-6-4-3-5-7-17)28-22-18(23)15-27-30(21)22/h3-9,12-13,15,26H,10-11,14H2,1-2H3,(H,24,25). The Labute approximate surface area is 184 Å². The van der Waals surface area contributed by atoms with Gasteiger partial charge in [0.05, 0.1) is 16.4 Å². The Bertz CT molecular complexity index is 1110. The van der Waals surface area contributed by atoms with Crippen LogP contribution in [0.3, 0.4) is 0 Å². The lowest BCUT2D eigenvalue weighted by atomic mass is 10.1. The first-order valence-electron chi connectivity index (χ1n) is 9.77. The van der Waals surface area contributed by atoms with E-state index in [1.165, 1.54) is 0 Å². The van der Waals surface area contributed by atoms with Crippen molar-refractivity contribution in [3.8, 4) is 11.3 Å². The Morgan fingerprint density at radius 1 is 1.03 bits per heavy atom. The van der Waals surface area contributed by atoms with Gasteiger partial charge in [-0.15, -0.1) is 0 Å². The molecule has 3 heterocycles. The highest BCUT2D eigenvalue weighted by Crippen LogP contribution is 2.26. The molecule has 0 fully saturated rings. The molecule has 154 valence electrons. The lowest BCUT2D eigenvalue weighted by Crippen LogP contribution is -2.21. The highest BCUT2D eigenvalue weighted by molar-refractivity contribution is 9.10. The average Bonchev–Trinajstić information content (AvgIpc) is 3.14. The molecule has 0 aliphatic carbocycles. The van der Waals surface area contributed by atoms with E-state index in [-0.39, 0.29) is 0 Å². The molecule has 3 aromatic heterocycles. The summed E-state index contributed by atoms with van der Waals surface area (Å²) in [7, 11) is 4.11. The fourth-order valence-corrected chi connectivity index (χ4v) is 3.40. The van der Waals surface area contributed by atoms with Crippen LogP contribution in [0.15, 0.2) is 65.4 Å². The summed E-state index contributed by atoms with van der Waals surface area (Å²) < 4.78 is 2.67. The molecule has 0 amide bonds. The van der Waals surface area contributed by atoms with Crippen LogP contribution >= 0.6 is 15.9 Å². The number of nitrogens with zero attached hydrogens (tertiary/aromatic N) is 5.